The number of hydrogen-bond donors (Lipinski definition) is 3. The molecule has 0 aliphatic carbocycles. The third-order valence-electron chi connectivity index (χ3n) is 2.66. The quantitative estimate of drug-likeness (QED) is 0.667. The molecule has 6 heteroatoms. The minimum absolute atomic E-state index is 0.1000. The summed E-state index contributed by atoms with van der Waals surface area (Å²) in [5.74, 6) is -0.317. The smallest absolute Gasteiger partial charge is 0.339 e. The molecule has 2 aromatic heterocycles. The number of carboxylic acids is 1. The molecule has 0 radical (unpaired) electrons. The molecule has 1 aromatic carbocycles. The van der Waals surface area contributed by atoms with E-state index < -0.39 is 5.97 Å². The second kappa shape index (κ2) is 4.41. The van der Waals surface area contributed by atoms with Crippen LogP contribution in [0.4, 0.5) is 11.8 Å². The molecule has 6 nitrogen and oxygen atoms in total. The number of rotatable bonds is 3. The first-order chi connectivity index (χ1) is 9.24. The van der Waals surface area contributed by atoms with E-state index in [0.29, 0.717) is 5.95 Å². The van der Waals surface area contributed by atoms with Crippen molar-refractivity contribution in [1.82, 2.24) is 15.0 Å². The molecule has 0 unspecified atom stereocenters. The van der Waals surface area contributed by atoms with Crippen LogP contribution in [0.25, 0.3) is 11.0 Å². The largest absolute Gasteiger partial charge is 0.478 e. The number of benzene rings is 1. The highest BCUT2D eigenvalue weighted by Gasteiger charge is 2.12. The maximum absolute atomic E-state index is 11.1. The summed E-state index contributed by atoms with van der Waals surface area (Å²) >= 11 is 0. The van der Waals surface area contributed by atoms with Gasteiger partial charge in [-0.1, -0.05) is 12.1 Å². The van der Waals surface area contributed by atoms with Gasteiger partial charge in [-0.15, -0.1) is 0 Å². The highest BCUT2D eigenvalue weighted by molar-refractivity contribution is 5.93. The maximum Gasteiger partial charge on any atom is 0.339 e. The van der Waals surface area contributed by atoms with Gasteiger partial charge in [0.1, 0.15) is 11.4 Å². The van der Waals surface area contributed by atoms with Crippen molar-refractivity contribution in [2.45, 2.75) is 0 Å². The van der Waals surface area contributed by atoms with Crippen LogP contribution in [0.1, 0.15) is 10.4 Å². The van der Waals surface area contributed by atoms with Crippen LogP contribution in [0.15, 0.2) is 42.6 Å². The standard InChI is InChI=1S/C13H10N4O2/c18-12(19)8-4-3-7-14-11(8)17-13-15-9-5-1-2-6-10(9)16-13/h1-7H,(H,18,19)(H2,14,15,16,17). The third kappa shape index (κ3) is 2.11. The first kappa shape index (κ1) is 11.2. The zero-order valence-electron chi connectivity index (χ0n) is 9.79. The number of nitrogens with zero attached hydrogens (tertiary/aromatic N) is 2. The summed E-state index contributed by atoms with van der Waals surface area (Å²) in [5.41, 5.74) is 1.78. The Balaban J connectivity index is 1.99. The van der Waals surface area contributed by atoms with Crippen LogP contribution in [-0.4, -0.2) is 26.0 Å². The molecule has 0 amide bonds. The zero-order chi connectivity index (χ0) is 13.2. The highest BCUT2D eigenvalue weighted by Crippen LogP contribution is 2.19. The average molecular weight is 254 g/mol. The number of aromatic carboxylic acids is 1. The summed E-state index contributed by atoms with van der Waals surface area (Å²) in [5, 5.41) is 12.0. The Hall–Kier alpha value is -2.89. The number of carbonyl (C=O) groups is 1. The molecule has 0 bridgehead atoms. The van der Waals surface area contributed by atoms with Gasteiger partial charge in [-0.3, -0.25) is 0 Å². The van der Waals surface area contributed by atoms with Gasteiger partial charge < -0.3 is 15.4 Å². The second-order valence-electron chi connectivity index (χ2n) is 3.93. The molecule has 0 aliphatic rings. The minimum atomic E-state index is -1.04. The van der Waals surface area contributed by atoms with Crippen molar-refractivity contribution in [2.75, 3.05) is 5.32 Å². The number of imidazole rings is 1. The Bertz CT molecular complexity index is 718. The molecule has 3 aromatic rings. The van der Waals surface area contributed by atoms with Gasteiger partial charge in [-0.25, -0.2) is 14.8 Å². The molecule has 19 heavy (non-hydrogen) atoms. The molecule has 2 heterocycles. The van der Waals surface area contributed by atoms with Gasteiger partial charge in [0.25, 0.3) is 0 Å². The van der Waals surface area contributed by atoms with Crippen molar-refractivity contribution < 1.29 is 9.90 Å². The van der Waals surface area contributed by atoms with Crippen molar-refractivity contribution in [3.8, 4) is 0 Å². The number of nitrogens with one attached hydrogen (secondary N) is 2. The number of carboxylic acid groups (broad SMARTS) is 1. The molecule has 0 atom stereocenters. The predicted octanol–water partition coefficient (Wildman–Crippen LogP) is 2.40. The number of hydrogen-bond acceptors (Lipinski definition) is 4. The first-order valence-electron chi connectivity index (χ1n) is 5.64. The normalized spacial score (nSPS) is 10.5. The minimum Gasteiger partial charge on any atom is -0.478 e. The van der Waals surface area contributed by atoms with Crippen LogP contribution in [0, 0.1) is 0 Å². The number of aromatic nitrogens is 3. The van der Waals surface area contributed by atoms with Crippen molar-refractivity contribution in [2.24, 2.45) is 0 Å². The number of aromatic amines is 1. The molecule has 0 fully saturated rings. The van der Waals surface area contributed by atoms with Crippen LogP contribution < -0.4 is 5.32 Å². The van der Waals surface area contributed by atoms with Crippen molar-refractivity contribution in [3.63, 3.8) is 0 Å². The topological polar surface area (TPSA) is 90.9 Å². The van der Waals surface area contributed by atoms with E-state index in [4.69, 9.17) is 5.11 Å². The summed E-state index contributed by atoms with van der Waals surface area (Å²) in [6.07, 6.45) is 1.53. The fourth-order valence-electron chi connectivity index (χ4n) is 1.80. The van der Waals surface area contributed by atoms with Gasteiger partial charge in [0.05, 0.1) is 11.0 Å². The fraction of sp³-hybridized carbons (Fsp3) is 0. The lowest BCUT2D eigenvalue weighted by molar-refractivity contribution is 0.0697. The molecule has 0 saturated carbocycles. The molecule has 3 N–H and O–H groups in total. The maximum atomic E-state index is 11.1. The van der Waals surface area contributed by atoms with Gasteiger partial charge in [0.2, 0.25) is 5.95 Å². The van der Waals surface area contributed by atoms with Crippen LogP contribution in [0.2, 0.25) is 0 Å². The van der Waals surface area contributed by atoms with Gasteiger partial charge in [0.15, 0.2) is 0 Å². The Labute approximate surface area is 108 Å². The van der Waals surface area contributed by atoms with Crippen LogP contribution in [0.3, 0.4) is 0 Å². The summed E-state index contributed by atoms with van der Waals surface area (Å²) in [6, 6.07) is 10.6. The van der Waals surface area contributed by atoms with Gasteiger partial charge in [-0.2, -0.15) is 0 Å². The second-order valence-corrected chi connectivity index (χ2v) is 3.93. The summed E-state index contributed by atoms with van der Waals surface area (Å²) in [4.78, 5) is 22.5. The van der Waals surface area contributed by atoms with E-state index in [1.807, 2.05) is 24.3 Å². The molecule has 0 spiro atoms. The van der Waals surface area contributed by atoms with E-state index in [2.05, 4.69) is 20.3 Å². The van der Waals surface area contributed by atoms with Gasteiger partial charge >= 0.3 is 5.97 Å². The Kier molecular flexibility index (Phi) is 2.60. The lowest BCUT2D eigenvalue weighted by atomic mass is 10.2. The molecular formula is C13H10N4O2. The molecule has 94 valence electrons. The van der Waals surface area contributed by atoms with Gasteiger partial charge in [-0.05, 0) is 24.3 Å². The highest BCUT2D eigenvalue weighted by atomic mass is 16.4. The number of fused-ring (bicyclic) bond motifs is 1. The van der Waals surface area contributed by atoms with Crippen LogP contribution in [0.5, 0.6) is 0 Å². The van der Waals surface area contributed by atoms with E-state index in [9.17, 15) is 4.79 Å². The average Bonchev–Trinajstić information content (AvgIpc) is 2.81. The Morgan fingerprint density at radius 1 is 1.21 bits per heavy atom. The van der Waals surface area contributed by atoms with Crippen molar-refractivity contribution in [1.29, 1.82) is 0 Å². The number of para-hydroxylation sites is 2. The lowest BCUT2D eigenvalue weighted by Gasteiger charge is -2.04. The van der Waals surface area contributed by atoms with Crippen LogP contribution >= 0.6 is 0 Å². The van der Waals surface area contributed by atoms with E-state index in [1.54, 1.807) is 6.07 Å². The Morgan fingerprint density at radius 2 is 2.05 bits per heavy atom. The first-order valence-corrected chi connectivity index (χ1v) is 5.64. The third-order valence-corrected chi connectivity index (χ3v) is 2.66. The number of H-pyrrole nitrogens is 1. The van der Waals surface area contributed by atoms with Crippen molar-refractivity contribution >= 4 is 28.8 Å². The predicted molar refractivity (Wildman–Crippen MR) is 70.6 cm³/mol. The lowest BCUT2D eigenvalue weighted by Crippen LogP contribution is -2.05. The van der Waals surface area contributed by atoms with Gasteiger partial charge in [0, 0.05) is 6.20 Å². The zero-order valence-corrected chi connectivity index (χ0v) is 9.79. The number of anilines is 2. The van der Waals surface area contributed by atoms with E-state index in [0.717, 1.165) is 11.0 Å². The summed E-state index contributed by atoms with van der Waals surface area (Å²) in [6.45, 7) is 0. The summed E-state index contributed by atoms with van der Waals surface area (Å²) in [7, 11) is 0. The molecule has 0 saturated heterocycles. The number of pyridine rings is 1. The fourth-order valence-corrected chi connectivity index (χ4v) is 1.80. The van der Waals surface area contributed by atoms with E-state index in [-0.39, 0.29) is 11.4 Å². The molecular weight excluding hydrogens is 244 g/mol. The molecule has 0 aliphatic heterocycles. The Morgan fingerprint density at radius 3 is 2.84 bits per heavy atom. The van der Waals surface area contributed by atoms with E-state index >= 15 is 0 Å². The van der Waals surface area contributed by atoms with Crippen molar-refractivity contribution in [3.05, 3.63) is 48.2 Å². The van der Waals surface area contributed by atoms with E-state index in [1.165, 1.54) is 12.3 Å². The summed E-state index contributed by atoms with van der Waals surface area (Å²) < 4.78 is 0. The monoisotopic (exact) mass is 254 g/mol. The van der Waals surface area contributed by atoms with Crippen LogP contribution in [-0.2, 0) is 0 Å². The SMILES string of the molecule is O=C(O)c1cccnc1Nc1nc2ccccc2[nH]1. The molecule has 3 rings (SSSR count).